The molecule has 0 aromatic heterocycles. The summed E-state index contributed by atoms with van der Waals surface area (Å²) >= 11 is 0. The summed E-state index contributed by atoms with van der Waals surface area (Å²) in [5.41, 5.74) is 5.39. The van der Waals surface area contributed by atoms with E-state index in [0.29, 0.717) is 25.0 Å². The Bertz CT molecular complexity index is 961. The van der Waals surface area contributed by atoms with Gasteiger partial charge in [0.2, 0.25) is 11.8 Å². The van der Waals surface area contributed by atoms with Crippen molar-refractivity contribution in [3.8, 4) is 0 Å². The molecular formula is C23H30N2O5. The third-order valence-corrected chi connectivity index (χ3v) is 6.19. The highest BCUT2D eigenvalue weighted by molar-refractivity contribution is 6.15. The number of nitrogens with one attached hydrogen (secondary N) is 1. The predicted octanol–water partition coefficient (Wildman–Crippen LogP) is 3.12. The summed E-state index contributed by atoms with van der Waals surface area (Å²) in [6.07, 6.45) is 3.87. The van der Waals surface area contributed by atoms with E-state index >= 15 is 0 Å². The number of amides is 1. The molecule has 4 aliphatic rings. The molecule has 2 heterocycles. The van der Waals surface area contributed by atoms with Crippen molar-refractivity contribution in [1.82, 2.24) is 5.32 Å². The molecule has 0 saturated carbocycles. The summed E-state index contributed by atoms with van der Waals surface area (Å²) in [5.74, 6) is -1.05. The van der Waals surface area contributed by atoms with Gasteiger partial charge in [-0.15, -0.1) is 0 Å². The molecule has 2 aliphatic carbocycles. The van der Waals surface area contributed by atoms with E-state index in [-0.39, 0.29) is 34.6 Å². The van der Waals surface area contributed by atoms with Gasteiger partial charge in [0, 0.05) is 18.5 Å². The highest BCUT2D eigenvalue weighted by atomic mass is 16.6. The van der Waals surface area contributed by atoms with Gasteiger partial charge >= 0.3 is 5.97 Å². The lowest BCUT2D eigenvalue weighted by atomic mass is 9.60. The normalized spacial score (nSPS) is 28.3. The standard InChI is InChI=1S/C23H30N2O5/c1-21(2,3)30-19(27)17-18(24)29-15-11-22(4,5)10-14(26)16(15)23(17)12-8-6-7-9-13(12)25-20(23)28/h6-11,24H2,1-5H3,(H,25,28). The van der Waals surface area contributed by atoms with E-state index in [9.17, 15) is 14.4 Å². The second kappa shape index (κ2) is 6.46. The molecule has 0 bridgehead atoms. The lowest BCUT2D eigenvalue weighted by Crippen LogP contribution is -2.50. The van der Waals surface area contributed by atoms with Crippen LogP contribution in [-0.4, -0.2) is 23.3 Å². The molecule has 0 radical (unpaired) electrons. The third-order valence-electron chi connectivity index (χ3n) is 6.19. The fourth-order valence-corrected chi connectivity index (χ4v) is 5.20. The van der Waals surface area contributed by atoms with Crippen molar-refractivity contribution in [1.29, 1.82) is 0 Å². The number of fused-ring (bicyclic) bond motifs is 2. The average Bonchev–Trinajstić information content (AvgIpc) is 2.84. The Hall–Kier alpha value is -2.57. The van der Waals surface area contributed by atoms with E-state index in [1.165, 1.54) is 0 Å². The van der Waals surface area contributed by atoms with Crippen LogP contribution in [0.4, 0.5) is 0 Å². The molecule has 0 aromatic carbocycles. The van der Waals surface area contributed by atoms with Gasteiger partial charge in [-0.05, 0) is 57.4 Å². The van der Waals surface area contributed by atoms with Gasteiger partial charge in [0.05, 0.1) is 5.57 Å². The van der Waals surface area contributed by atoms with Gasteiger partial charge in [-0.2, -0.15) is 0 Å². The summed E-state index contributed by atoms with van der Waals surface area (Å²) in [6, 6.07) is 0. The first kappa shape index (κ1) is 20.7. The molecule has 3 N–H and O–H groups in total. The number of rotatable bonds is 1. The molecule has 0 saturated heterocycles. The van der Waals surface area contributed by atoms with Gasteiger partial charge in [-0.25, -0.2) is 4.79 Å². The fourth-order valence-electron chi connectivity index (χ4n) is 5.20. The lowest BCUT2D eigenvalue weighted by molar-refractivity contribution is -0.152. The van der Waals surface area contributed by atoms with E-state index in [4.69, 9.17) is 15.2 Å². The van der Waals surface area contributed by atoms with Crippen LogP contribution < -0.4 is 11.1 Å². The monoisotopic (exact) mass is 414 g/mol. The quantitative estimate of drug-likeness (QED) is 0.639. The Morgan fingerprint density at radius 1 is 1.13 bits per heavy atom. The maximum absolute atomic E-state index is 13.6. The molecular weight excluding hydrogens is 384 g/mol. The largest absolute Gasteiger partial charge is 0.456 e. The fraction of sp³-hybridized carbons (Fsp3) is 0.609. The van der Waals surface area contributed by atoms with Crippen LogP contribution in [0.15, 0.2) is 34.1 Å². The van der Waals surface area contributed by atoms with E-state index in [1.807, 2.05) is 13.8 Å². The zero-order valence-electron chi connectivity index (χ0n) is 18.4. The molecule has 1 atom stereocenters. The summed E-state index contributed by atoms with van der Waals surface area (Å²) in [5, 5.41) is 2.96. The average molecular weight is 415 g/mol. The van der Waals surface area contributed by atoms with Crippen LogP contribution in [0.5, 0.6) is 0 Å². The summed E-state index contributed by atoms with van der Waals surface area (Å²) < 4.78 is 11.5. The van der Waals surface area contributed by atoms with Crippen LogP contribution in [0, 0.1) is 10.8 Å². The summed E-state index contributed by atoms with van der Waals surface area (Å²) in [7, 11) is 0. The molecule has 0 aromatic rings. The molecule has 1 amide bonds. The molecule has 2 aliphatic heterocycles. The van der Waals surface area contributed by atoms with Crippen LogP contribution in [-0.2, 0) is 23.9 Å². The molecule has 7 nitrogen and oxygen atoms in total. The van der Waals surface area contributed by atoms with E-state index in [1.54, 1.807) is 20.8 Å². The SMILES string of the molecule is CC1(C)CC(=O)C2=C(C1)OC(N)=C(C(=O)OC(C)(C)C)C21C(=O)NC2=C1CCCC2. The zero-order chi connectivity index (χ0) is 22.1. The Kier molecular flexibility index (Phi) is 4.46. The minimum Gasteiger partial charge on any atom is -0.456 e. The van der Waals surface area contributed by atoms with Crippen molar-refractivity contribution >= 4 is 17.7 Å². The number of hydrogen-bond donors (Lipinski definition) is 2. The molecule has 1 spiro atoms. The van der Waals surface area contributed by atoms with Gasteiger partial charge in [-0.1, -0.05) is 13.8 Å². The predicted molar refractivity (Wildman–Crippen MR) is 109 cm³/mol. The number of carbonyl (C=O) groups is 3. The van der Waals surface area contributed by atoms with Gasteiger partial charge in [0.25, 0.3) is 0 Å². The molecule has 0 fully saturated rings. The van der Waals surface area contributed by atoms with Crippen molar-refractivity contribution in [2.45, 2.75) is 78.7 Å². The van der Waals surface area contributed by atoms with Crippen LogP contribution in [0.2, 0.25) is 0 Å². The topological polar surface area (TPSA) is 108 Å². The first-order valence-electron chi connectivity index (χ1n) is 10.6. The number of hydrogen-bond acceptors (Lipinski definition) is 6. The number of nitrogens with two attached hydrogens (primary N) is 1. The Morgan fingerprint density at radius 3 is 2.47 bits per heavy atom. The Balaban J connectivity index is 1.98. The van der Waals surface area contributed by atoms with Crippen LogP contribution in [0.3, 0.4) is 0 Å². The minimum atomic E-state index is -1.55. The second-order valence-electron chi connectivity index (χ2n) is 10.5. The number of esters is 1. The molecule has 30 heavy (non-hydrogen) atoms. The second-order valence-corrected chi connectivity index (χ2v) is 10.5. The Labute approximate surface area is 176 Å². The smallest absolute Gasteiger partial charge is 0.341 e. The lowest BCUT2D eigenvalue weighted by Gasteiger charge is -2.43. The van der Waals surface area contributed by atoms with Crippen LogP contribution in [0.25, 0.3) is 0 Å². The maximum Gasteiger partial charge on any atom is 0.341 e. The van der Waals surface area contributed by atoms with Crippen molar-refractivity contribution in [3.63, 3.8) is 0 Å². The molecule has 4 rings (SSSR count). The number of ketones is 1. The van der Waals surface area contributed by atoms with Crippen LogP contribution in [0.1, 0.15) is 73.1 Å². The molecule has 7 heteroatoms. The van der Waals surface area contributed by atoms with E-state index in [0.717, 1.165) is 24.1 Å². The van der Waals surface area contributed by atoms with Crippen molar-refractivity contribution in [3.05, 3.63) is 34.1 Å². The summed E-state index contributed by atoms with van der Waals surface area (Å²) in [4.78, 5) is 40.4. The van der Waals surface area contributed by atoms with Gasteiger partial charge < -0.3 is 20.5 Å². The van der Waals surface area contributed by atoms with Gasteiger partial charge in [0.15, 0.2) is 5.78 Å². The summed E-state index contributed by atoms with van der Waals surface area (Å²) in [6.45, 7) is 9.20. The molecule has 1 unspecified atom stereocenters. The van der Waals surface area contributed by atoms with Crippen molar-refractivity contribution < 1.29 is 23.9 Å². The van der Waals surface area contributed by atoms with E-state index < -0.39 is 22.9 Å². The zero-order valence-corrected chi connectivity index (χ0v) is 18.4. The van der Waals surface area contributed by atoms with Gasteiger partial charge in [0.1, 0.15) is 22.3 Å². The number of allylic oxidation sites excluding steroid dienone is 2. The van der Waals surface area contributed by atoms with Crippen LogP contribution >= 0.6 is 0 Å². The first-order chi connectivity index (χ1) is 13.9. The number of Topliss-reactive ketones (excluding diaryl/α,β-unsaturated/α-hetero) is 1. The van der Waals surface area contributed by atoms with Gasteiger partial charge in [-0.3, -0.25) is 9.59 Å². The number of ether oxygens (including phenoxy) is 2. The van der Waals surface area contributed by atoms with Crippen molar-refractivity contribution in [2.75, 3.05) is 0 Å². The number of carbonyl (C=O) groups excluding carboxylic acids is 3. The van der Waals surface area contributed by atoms with E-state index in [2.05, 4.69) is 5.32 Å². The van der Waals surface area contributed by atoms with Crippen molar-refractivity contribution in [2.24, 2.45) is 16.6 Å². The maximum atomic E-state index is 13.6. The highest BCUT2D eigenvalue weighted by Gasteiger charge is 2.63. The Morgan fingerprint density at radius 2 is 1.80 bits per heavy atom. The minimum absolute atomic E-state index is 0.0615. The first-order valence-corrected chi connectivity index (χ1v) is 10.6. The molecule has 162 valence electrons. The highest BCUT2D eigenvalue weighted by Crippen LogP contribution is 2.58. The third kappa shape index (κ3) is 2.97.